The second-order valence-corrected chi connectivity index (χ2v) is 7.73. The summed E-state index contributed by atoms with van der Waals surface area (Å²) in [6, 6.07) is 14.1. The van der Waals surface area contributed by atoms with Crippen molar-refractivity contribution >= 4 is 34.4 Å². The van der Waals surface area contributed by atoms with Crippen LogP contribution in [0.5, 0.6) is 5.75 Å². The van der Waals surface area contributed by atoms with Gasteiger partial charge in [0.15, 0.2) is 0 Å². The Kier molecular flexibility index (Phi) is 6.11. The molecule has 2 amide bonds. The SMILES string of the molecule is COC(=O)[C@@H](Cc1c[nH]c2ccccc12)NC(=O)[C@H]1CC(=O)N(c2ccccc2OC)C1. The van der Waals surface area contributed by atoms with Gasteiger partial charge in [0.2, 0.25) is 11.8 Å². The largest absolute Gasteiger partial charge is 0.495 e. The van der Waals surface area contributed by atoms with Gasteiger partial charge in [-0.1, -0.05) is 30.3 Å². The predicted molar refractivity (Wildman–Crippen MR) is 119 cm³/mol. The van der Waals surface area contributed by atoms with Crippen LogP contribution in [-0.2, 0) is 25.5 Å². The highest BCUT2D eigenvalue weighted by molar-refractivity contribution is 6.01. The normalized spacial score (nSPS) is 16.8. The first-order chi connectivity index (χ1) is 15.5. The van der Waals surface area contributed by atoms with Crippen molar-refractivity contribution in [2.24, 2.45) is 5.92 Å². The van der Waals surface area contributed by atoms with Gasteiger partial charge in [-0.3, -0.25) is 9.59 Å². The fourth-order valence-electron chi connectivity index (χ4n) is 4.11. The first-order valence-corrected chi connectivity index (χ1v) is 10.4. The summed E-state index contributed by atoms with van der Waals surface area (Å²) in [7, 11) is 2.83. The standard InChI is InChI=1S/C24H25N3O5/c1-31-21-10-6-5-9-20(21)27-14-16(12-22(27)28)23(29)26-19(24(30)32-2)11-15-13-25-18-8-4-3-7-17(15)18/h3-10,13,16,19,25H,11-12,14H2,1-2H3,(H,26,29)/t16-,19+/m0/s1. The van der Waals surface area contributed by atoms with E-state index < -0.39 is 17.9 Å². The molecule has 8 heteroatoms. The molecule has 2 atom stereocenters. The maximum Gasteiger partial charge on any atom is 0.328 e. The number of nitrogens with one attached hydrogen (secondary N) is 2. The van der Waals surface area contributed by atoms with Crippen molar-refractivity contribution in [1.82, 2.24) is 10.3 Å². The summed E-state index contributed by atoms with van der Waals surface area (Å²) in [6.45, 7) is 0.214. The van der Waals surface area contributed by atoms with E-state index in [9.17, 15) is 14.4 Å². The van der Waals surface area contributed by atoms with E-state index in [1.807, 2.05) is 42.6 Å². The molecule has 1 saturated heterocycles. The smallest absolute Gasteiger partial charge is 0.328 e. The lowest BCUT2D eigenvalue weighted by atomic mass is 10.0. The van der Waals surface area contributed by atoms with E-state index in [0.717, 1.165) is 16.5 Å². The fourth-order valence-corrected chi connectivity index (χ4v) is 4.11. The van der Waals surface area contributed by atoms with Crippen LogP contribution in [0.4, 0.5) is 5.69 Å². The molecule has 4 rings (SSSR count). The van der Waals surface area contributed by atoms with Gasteiger partial charge in [-0.25, -0.2) is 4.79 Å². The molecule has 0 aliphatic carbocycles. The number of ether oxygens (including phenoxy) is 2. The molecule has 2 heterocycles. The molecule has 0 radical (unpaired) electrons. The van der Waals surface area contributed by atoms with E-state index in [1.54, 1.807) is 17.0 Å². The molecule has 8 nitrogen and oxygen atoms in total. The van der Waals surface area contributed by atoms with Gasteiger partial charge < -0.3 is 24.7 Å². The number of hydrogen-bond donors (Lipinski definition) is 2. The summed E-state index contributed by atoms with van der Waals surface area (Å²) >= 11 is 0. The van der Waals surface area contributed by atoms with Crippen molar-refractivity contribution in [1.29, 1.82) is 0 Å². The van der Waals surface area contributed by atoms with Crippen molar-refractivity contribution < 1.29 is 23.9 Å². The van der Waals surface area contributed by atoms with Crippen LogP contribution in [0.25, 0.3) is 10.9 Å². The maximum absolute atomic E-state index is 13.0. The molecule has 0 unspecified atom stereocenters. The van der Waals surface area contributed by atoms with Gasteiger partial charge in [0, 0.05) is 36.5 Å². The van der Waals surface area contributed by atoms with E-state index in [4.69, 9.17) is 9.47 Å². The minimum absolute atomic E-state index is 0.0604. The van der Waals surface area contributed by atoms with Gasteiger partial charge >= 0.3 is 5.97 Å². The number of para-hydroxylation sites is 3. The van der Waals surface area contributed by atoms with E-state index in [2.05, 4.69) is 10.3 Å². The predicted octanol–water partition coefficient (Wildman–Crippen LogP) is 2.43. The highest BCUT2D eigenvalue weighted by Gasteiger charge is 2.37. The molecule has 166 valence electrons. The molecule has 1 aliphatic heterocycles. The zero-order valence-corrected chi connectivity index (χ0v) is 18.0. The molecule has 1 aliphatic rings. The van der Waals surface area contributed by atoms with Crippen molar-refractivity contribution in [2.75, 3.05) is 25.7 Å². The zero-order valence-electron chi connectivity index (χ0n) is 18.0. The van der Waals surface area contributed by atoms with Gasteiger partial charge in [-0.05, 0) is 23.8 Å². The number of H-pyrrole nitrogens is 1. The van der Waals surface area contributed by atoms with E-state index in [0.29, 0.717) is 11.4 Å². The number of rotatable bonds is 7. The van der Waals surface area contributed by atoms with Gasteiger partial charge in [-0.2, -0.15) is 0 Å². The molecule has 1 aromatic heterocycles. The molecule has 2 N–H and O–H groups in total. The number of aromatic nitrogens is 1. The van der Waals surface area contributed by atoms with Crippen LogP contribution >= 0.6 is 0 Å². The number of anilines is 1. The van der Waals surface area contributed by atoms with E-state index >= 15 is 0 Å². The number of aromatic amines is 1. The van der Waals surface area contributed by atoms with Crippen LogP contribution in [0.3, 0.4) is 0 Å². The van der Waals surface area contributed by atoms with Crippen molar-refractivity contribution in [3.63, 3.8) is 0 Å². The lowest BCUT2D eigenvalue weighted by Gasteiger charge is -2.21. The average molecular weight is 435 g/mol. The van der Waals surface area contributed by atoms with Crippen LogP contribution in [0, 0.1) is 5.92 Å². The van der Waals surface area contributed by atoms with Crippen LogP contribution in [0.1, 0.15) is 12.0 Å². The molecule has 0 spiro atoms. The zero-order chi connectivity index (χ0) is 22.7. The molecular weight excluding hydrogens is 410 g/mol. The number of fused-ring (bicyclic) bond motifs is 1. The third kappa shape index (κ3) is 4.16. The fraction of sp³-hybridized carbons (Fsp3) is 0.292. The number of esters is 1. The number of amides is 2. The Morgan fingerprint density at radius 1 is 1.16 bits per heavy atom. The molecule has 32 heavy (non-hydrogen) atoms. The second-order valence-electron chi connectivity index (χ2n) is 7.73. The Morgan fingerprint density at radius 2 is 1.91 bits per heavy atom. The molecule has 2 aromatic carbocycles. The number of carbonyl (C=O) groups excluding carboxylic acids is 3. The summed E-state index contributed by atoms with van der Waals surface area (Å²) in [5, 5.41) is 3.78. The molecule has 3 aromatic rings. The second kappa shape index (κ2) is 9.13. The number of carbonyl (C=O) groups is 3. The molecule has 1 fully saturated rings. The minimum Gasteiger partial charge on any atom is -0.495 e. The summed E-state index contributed by atoms with van der Waals surface area (Å²) in [4.78, 5) is 42.8. The van der Waals surface area contributed by atoms with Crippen LogP contribution in [0.15, 0.2) is 54.7 Å². The number of nitrogens with zero attached hydrogens (tertiary/aromatic N) is 1. The van der Waals surface area contributed by atoms with Crippen molar-refractivity contribution in [3.8, 4) is 5.75 Å². The summed E-state index contributed by atoms with van der Waals surface area (Å²) < 4.78 is 10.3. The maximum atomic E-state index is 13.0. The highest BCUT2D eigenvalue weighted by atomic mass is 16.5. The summed E-state index contributed by atoms with van der Waals surface area (Å²) in [5.74, 6) is -1.07. The van der Waals surface area contributed by atoms with Crippen LogP contribution < -0.4 is 15.0 Å². The number of benzene rings is 2. The van der Waals surface area contributed by atoms with E-state index in [1.165, 1.54) is 14.2 Å². The average Bonchev–Trinajstić information content (AvgIpc) is 3.41. The Bertz CT molecular complexity index is 1160. The highest BCUT2D eigenvalue weighted by Crippen LogP contribution is 2.33. The number of methoxy groups -OCH3 is 2. The quantitative estimate of drug-likeness (QED) is 0.555. The number of hydrogen-bond acceptors (Lipinski definition) is 5. The van der Waals surface area contributed by atoms with E-state index in [-0.39, 0.29) is 31.2 Å². The van der Waals surface area contributed by atoms with Gasteiger partial charge in [0.05, 0.1) is 25.8 Å². The topological polar surface area (TPSA) is 101 Å². The lowest BCUT2D eigenvalue weighted by molar-refractivity contribution is -0.145. The molecule has 0 saturated carbocycles. The summed E-state index contributed by atoms with van der Waals surface area (Å²) in [5.41, 5.74) is 2.47. The Hall–Kier alpha value is -3.81. The van der Waals surface area contributed by atoms with Crippen LogP contribution in [-0.4, -0.2) is 49.6 Å². The molecule has 0 bridgehead atoms. The van der Waals surface area contributed by atoms with Gasteiger partial charge in [-0.15, -0.1) is 0 Å². The third-order valence-corrected chi connectivity index (χ3v) is 5.77. The first-order valence-electron chi connectivity index (χ1n) is 10.4. The first kappa shape index (κ1) is 21.4. The molecular formula is C24H25N3O5. The minimum atomic E-state index is -0.859. The lowest BCUT2D eigenvalue weighted by Crippen LogP contribution is -2.46. The Morgan fingerprint density at radius 3 is 2.69 bits per heavy atom. The third-order valence-electron chi connectivity index (χ3n) is 5.77. The Balaban J connectivity index is 1.49. The van der Waals surface area contributed by atoms with Crippen molar-refractivity contribution in [2.45, 2.75) is 18.9 Å². The monoisotopic (exact) mass is 435 g/mol. The van der Waals surface area contributed by atoms with Crippen LogP contribution in [0.2, 0.25) is 0 Å². The summed E-state index contributed by atoms with van der Waals surface area (Å²) in [6.07, 6.45) is 2.17. The van der Waals surface area contributed by atoms with Gasteiger partial charge in [0.25, 0.3) is 0 Å². The van der Waals surface area contributed by atoms with Crippen molar-refractivity contribution in [3.05, 3.63) is 60.3 Å². The Labute approximate surface area is 185 Å². The van der Waals surface area contributed by atoms with Gasteiger partial charge in [0.1, 0.15) is 11.8 Å².